The van der Waals surface area contributed by atoms with E-state index < -0.39 is 11.6 Å². The third-order valence-corrected chi connectivity index (χ3v) is 7.56. The van der Waals surface area contributed by atoms with Crippen molar-refractivity contribution in [1.29, 1.82) is 5.26 Å². The molecule has 2 unspecified atom stereocenters. The molecule has 2 aromatic carbocycles. The zero-order valence-electron chi connectivity index (χ0n) is 20.0. The van der Waals surface area contributed by atoms with Crippen LogP contribution in [0, 0.1) is 17.2 Å². The number of halogens is 1. The fraction of sp³-hybridized carbons (Fsp3) is 0.464. The molecule has 0 bridgehead atoms. The van der Waals surface area contributed by atoms with Gasteiger partial charge in [-0.1, -0.05) is 74.0 Å². The van der Waals surface area contributed by atoms with E-state index in [1.54, 1.807) is 29.2 Å². The maximum absolute atomic E-state index is 14.2. The standard InChI is InChI=1S/C28H33ClN4O2/c29-24-13-11-23(12-14-24)26(34)32-25(17-21-7-3-1-4-8-21)27(35)33(18-22-9-5-2-6-10-22)28(19-30)15-16-31-20-28/h2,5-6,9-14,21,25,31H,1,3-4,7-8,15-18,20H2,(H,32,34). The van der Waals surface area contributed by atoms with Gasteiger partial charge in [-0.2, -0.15) is 5.26 Å². The third-order valence-electron chi connectivity index (χ3n) is 7.31. The van der Waals surface area contributed by atoms with E-state index in [1.165, 1.54) is 6.42 Å². The van der Waals surface area contributed by atoms with Crippen LogP contribution in [0.1, 0.15) is 60.9 Å². The highest BCUT2D eigenvalue weighted by Gasteiger charge is 2.45. The van der Waals surface area contributed by atoms with Crippen molar-refractivity contribution in [2.45, 2.75) is 63.1 Å². The lowest BCUT2D eigenvalue weighted by Crippen LogP contribution is -2.58. The highest BCUT2D eigenvalue weighted by Crippen LogP contribution is 2.31. The second-order valence-corrected chi connectivity index (χ2v) is 10.2. The van der Waals surface area contributed by atoms with E-state index in [9.17, 15) is 14.9 Å². The molecule has 1 heterocycles. The highest BCUT2D eigenvalue weighted by molar-refractivity contribution is 6.30. The number of nitriles is 1. The van der Waals surface area contributed by atoms with Crippen molar-refractivity contribution in [3.63, 3.8) is 0 Å². The van der Waals surface area contributed by atoms with Crippen molar-refractivity contribution in [2.75, 3.05) is 13.1 Å². The topological polar surface area (TPSA) is 85.2 Å². The van der Waals surface area contributed by atoms with Gasteiger partial charge in [-0.25, -0.2) is 0 Å². The van der Waals surface area contributed by atoms with Gasteiger partial charge in [-0.15, -0.1) is 0 Å². The largest absolute Gasteiger partial charge is 0.340 e. The SMILES string of the molecule is N#CC1(N(Cc2ccccc2)C(=O)C(CC2CCCCC2)NC(=O)c2ccc(Cl)cc2)CCNC1. The van der Waals surface area contributed by atoms with Gasteiger partial charge in [-0.05, 0) is 55.1 Å². The zero-order valence-corrected chi connectivity index (χ0v) is 20.8. The van der Waals surface area contributed by atoms with Gasteiger partial charge in [0, 0.05) is 23.7 Å². The van der Waals surface area contributed by atoms with Gasteiger partial charge in [0.2, 0.25) is 5.91 Å². The van der Waals surface area contributed by atoms with Crippen LogP contribution in [0.15, 0.2) is 54.6 Å². The summed E-state index contributed by atoms with van der Waals surface area (Å²) in [5.74, 6) is -0.112. The van der Waals surface area contributed by atoms with Crippen LogP contribution in [-0.2, 0) is 11.3 Å². The highest BCUT2D eigenvalue weighted by atomic mass is 35.5. The summed E-state index contributed by atoms with van der Waals surface area (Å²) in [6.45, 7) is 1.42. The van der Waals surface area contributed by atoms with E-state index in [0.29, 0.717) is 49.0 Å². The minimum absolute atomic E-state index is 0.188. The number of benzene rings is 2. The predicted molar refractivity (Wildman–Crippen MR) is 137 cm³/mol. The average Bonchev–Trinajstić information content (AvgIpc) is 3.38. The number of carbonyl (C=O) groups is 2. The normalized spacial score (nSPS) is 21.1. The van der Waals surface area contributed by atoms with Crippen molar-refractivity contribution in [3.8, 4) is 6.07 Å². The van der Waals surface area contributed by atoms with E-state index in [0.717, 1.165) is 31.2 Å². The summed E-state index contributed by atoms with van der Waals surface area (Å²) in [4.78, 5) is 29.1. The van der Waals surface area contributed by atoms with E-state index in [4.69, 9.17) is 11.6 Å². The van der Waals surface area contributed by atoms with Crippen LogP contribution in [-0.4, -0.2) is 41.4 Å². The first kappa shape index (κ1) is 25.2. The van der Waals surface area contributed by atoms with E-state index >= 15 is 0 Å². The van der Waals surface area contributed by atoms with Crippen LogP contribution in [0.4, 0.5) is 0 Å². The Hall–Kier alpha value is -2.88. The summed E-state index contributed by atoms with van der Waals surface area (Å²) in [5.41, 5.74) is 0.480. The first-order valence-electron chi connectivity index (χ1n) is 12.5. The molecule has 35 heavy (non-hydrogen) atoms. The predicted octanol–water partition coefficient (Wildman–Crippen LogP) is 4.69. The Kier molecular flexibility index (Phi) is 8.43. The number of nitrogens with zero attached hydrogens (tertiary/aromatic N) is 2. The molecule has 2 amide bonds. The van der Waals surface area contributed by atoms with Crippen LogP contribution >= 0.6 is 11.6 Å². The van der Waals surface area contributed by atoms with Gasteiger partial charge in [-0.3, -0.25) is 9.59 Å². The van der Waals surface area contributed by atoms with E-state index in [2.05, 4.69) is 16.7 Å². The number of amides is 2. The van der Waals surface area contributed by atoms with Crippen LogP contribution in [0.5, 0.6) is 0 Å². The van der Waals surface area contributed by atoms with Crippen LogP contribution in [0.25, 0.3) is 0 Å². The summed E-state index contributed by atoms with van der Waals surface area (Å²) in [5, 5.41) is 17.1. The monoisotopic (exact) mass is 492 g/mol. The van der Waals surface area contributed by atoms with Crippen LogP contribution < -0.4 is 10.6 Å². The summed E-state index contributed by atoms with van der Waals surface area (Å²) < 4.78 is 0. The maximum Gasteiger partial charge on any atom is 0.251 e. The molecule has 1 aliphatic carbocycles. The molecule has 184 valence electrons. The molecule has 2 aromatic rings. The fourth-order valence-electron chi connectivity index (χ4n) is 5.28. The molecule has 2 N–H and O–H groups in total. The number of hydrogen-bond acceptors (Lipinski definition) is 4. The van der Waals surface area contributed by atoms with Crippen molar-refractivity contribution in [3.05, 3.63) is 70.7 Å². The van der Waals surface area contributed by atoms with Gasteiger partial charge >= 0.3 is 0 Å². The van der Waals surface area contributed by atoms with Crippen molar-refractivity contribution in [1.82, 2.24) is 15.5 Å². The fourth-order valence-corrected chi connectivity index (χ4v) is 5.41. The zero-order chi connectivity index (χ0) is 24.7. The first-order valence-corrected chi connectivity index (χ1v) is 12.9. The first-order chi connectivity index (χ1) is 17.0. The maximum atomic E-state index is 14.2. The second kappa shape index (κ2) is 11.7. The van der Waals surface area contributed by atoms with Crippen LogP contribution in [0.2, 0.25) is 5.02 Å². The third kappa shape index (κ3) is 6.22. The Bertz CT molecular complexity index is 1040. The van der Waals surface area contributed by atoms with Gasteiger partial charge in [0.05, 0.1) is 6.07 Å². The van der Waals surface area contributed by atoms with Gasteiger partial charge in [0.1, 0.15) is 11.6 Å². The summed E-state index contributed by atoms with van der Waals surface area (Å²) in [6.07, 6.45) is 6.78. The molecular formula is C28H33ClN4O2. The lowest BCUT2D eigenvalue weighted by Gasteiger charge is -2.39. The smallest absolute Gasteiger partial charge is 0.251 e. The molecule has 0 aromatic heterocycles. The van der Waals surface area contributed by atoms with E-state index in [1.807, 2.05) is 30.3 Å². The van der Waals surface area contributed by atoms with E-state index in [-0.39, 0.29) is 11.8 Å². The molecule has 7 heteroatoms. The molecule has 0 spiro atoms. The van der Waals surface area contributed by atoms with Crippen molar-refractivity contribution in [2.24, 2.45) is 5.92 Å². The Balaban J connectivity index is 1.63. The summed E-state index contributed by atoms with van der Waals surface area (Å²) >= 11 is 5.99. The quantitative estimate of drug-likeness (QED) is 0.559. The Labute approximate surface area is 212 Å². The van der Waals surface area contributed by atoms with Gasteiger partial charge < -0.3 is 15.5 Å². The number of carbonyl (C=O) groups excluding carboxylic acids is 2. The second-order valence-electron chi connectivity index (χ2n) is 9.75. The average molecular weight is 493 g/mol. The van der Waals surface area contributed by atoms with Gasteiger partial charge in [0.25, 0.3) is 5.91 Å². The lowest BCUT2D eigenvalue weighted by molar-refractivity contribution is -0.138. The molecular weight excluding hydrogens is 460 g/mol. The van der Waals surface area contributed by atoms with Gasteiger partial charge in [0.15, 0.2) is 0 Å². The molecule has 2 fully saturated rings. The molecule has 1 saturated heterocycles. The van der Waals surface area contributed by atoms with Crippen molar-refractivity contribution < 1.29 is 9.59 Å². The molecule has 6 nitrogen and oxygen atoms in total. The number of nitrogens with one attached hydrogen (secondary N) is 2. The summed E-state index contributed by atoms with van der Waals surface area (Å²) in [6, 6.07) is 18.2. The molecule has 2 aliphatic rings. The molecule has 4 rings (SSSR count). The minimum Gasteiger partial charge on any atom is -0.340 e. The molecule has 1 saturated carbocycles. The Morgan fingerprint density at radius 3 is 2.46 bits per heavy atom. The Morgan fingerprint density at radius 1 is 1.11 bits per heavy atom. The Morgan fingerprint density at radius 2 is 1.83 bits per heavy atom. The molecule has 1 aliphatic heterocycles. The lowest BCUT2D eigenvalue weighted by atomic mass is 9.84. The molecule has 0 radical (unpaired) electrons. The number of rotatable bonds is 8. The number of hydrogen-bond donors (Lipinski definition) is 2. The van der Waals surface area contributed by atoms with Crippen molar-refractivity contribution >= 4 is 23.4 Å². The van der Waals surface area contributed by atoms with Crippen LogP contribution in [0.3, 0.4) is 0 Å². The minimum atomic E-state index is -0.942. The summed E-state index contributed by atoms with van der Waals surface area (Å²) in [7, 11) is 0. The molecule has 2 atom stereocenters.